The van der Waals surface area contributed by atoms with Crippen molar-refractivity contribution in [2.45, 2.75) is 25.7 Å². The van der Waals surface area contributed by atoms with Crippen molar-refractivity contribution in [2.75, 3.05) is 52.9 Å². The fourth-order valence-electron chi connectivity index (χ4n) is 1.26. The van der Waals surface area contributed by atoms with Crippen LogP contribution in [0.2, 0.25) is 0 Å². The molecule has 0 radical (unpaired) electrons. The van der Waals surface area contributed by atoms with E-state index >= 15 is 0 Å². The van der Waals surface area contributed by atoms with Crippen LogP contribution in [-0.2, 0) is 23.7 Å². The van der Waals surface area contributed by atoms with E-state index in [2.05, 4.69) is 9.47 Å². The molecule has 0 aromatic carbocycles. The van der Waals surface area contributed by atoms with Gasteiger partial charge in [-0.05, 0) is 0 Å². The van der Waals surface area contributed by atoms with Crippen LogP contribution < -0.4 is 0 Å². The molecule has 0 aromatic heterocycles. The Morgan fingerprint density at radius 1 is 0.565 bits per heavy atom. The molecule has 0 spiro atoms. The van der Waals surface area contributed by atoms with Crippen molar-refractivity contribution in [3.63, 3.8) is 0 Å². The van der Waals surface area contributed by atoms with E-state index in [0.717, 1.165) is 0 Å². The lowest BCUT2D eigenvalue weighted by Crippen LogP contribution is -2.12. The molecule has 0 rings (SSSR count). The van der Waals surface area contributed by atoms with Crippen molar-refractivity contribution >= 4 is 12.3 Å². The Bertz CT molecular complexity index is 268. The van der Waals surface area contributed by atoms with Crippen molar-refractivity contribution in [2.24, 2.45) is 0 Å². The van der Waals surface area contributed by atoms with E-state index in [4.69, 9.17) is 24.4 Å². The van der Waals surface area contributed by atoms with E-state index in [1.54, 1.807) is 0 Å². The standard InChI is InChI=1S/C14H26O9/c15-5-1-9-20-13(17)22-11-3-7-19-8-4-12-23-14(18)21-10-2-6-16/h15-16H,1-12H2. The maximum absolute atomic E-state index is 11.0. The zero-order valence-corrected chi connectivity index (χ0v) is 13.2. The molecule has 23 heavy (non-hydrogen) atoms. The Hall–Kier alpha value is -1.58. The molecular weight excluding hydrogens is 312 g/mol. The molecule has 0 fully saturated rings. The highest BCUT2D eigenvalue weighted by Gasteiger charge is 2.04. The quantitative estimate of drug-likeness (QED) is 0.351. The van der Waals surface area contributed by atoms with Crippen LogP contribution in [0.25, 0.3) is 0 Å². The molecule has 0 aliphatic carbocycles. The summed E-state index contributed by atoms with van der Waals surface area (Å²) >= 11 is 0. The number of ether oxygens (including phenoxy) is 5. The number of hydrogen-bond acceptors (Lipinski definition) is 9. The van der Waals surface area contributed by atoms with Crippen molar-refractivity contribution in [3.05, 3.63) is 0 Å². The van der Waals surface area contributed by atoms with Crippen LogP contribution in [0, 0.1) is 0 Å². The predicted molar refractivity (Wildman–Crippen MR) is 78.1 cm³/mol. The van der Waals surface area contributed by atoms with Crippen molar-refractivity contribution < 1.29 is 43.5 Å². The predicted octanol–water partition coefficient (Wildman–Crippen LogP) is 0.854. The molecule has 0 saturated carbocycles. The molecule has 0 amide bonds. The first-order chi connectivity index (χ1) is 11.2. The number of carbonyl (C=O) groups is 2. The zero-order valence-electron chi connectivity index (χ0n) is 13.2. The van der Waals surface area contributed by atoms with Crippen molar-refractivity contribution in [3.8, 4) is 0 Å². The van der Waals surface area contributed by atoms with Crippen molar-refractivity contribution in [1.29, 1.82) is 0 Å². The van der Waals surface area contributed by atoms with Gasteiger partial charge in [-0.3, -0.25) is 0 Å². The molecule has 0 saturated heterocycles. The van der Waals surface area contributed by atoms with Gasteiger partial charge in [-0.25, -0.2) is 9.59 Å². The number of hydrogen-bond donors (Lipinski definition) is 2. The number of aliphatic hydroxyl groups is 2. The van der Waals surface area contributed by atoms with Crippen LogP contribution in [0.3, 0.4) is 0 Å². The van der Waals surface area contributed by atoms with E-state index in [9.17, 15) is 9.59 Å². The minimum Gasteiger partial charge on any atom is -0.434 e. The molecule has 136 valence electrons. The van der Waals surface area contributed by atoms with Gasteiger partial charge in [-0.2, -0.15) is 0 Å². The lowest BCUT2D eigenvalue weighted by Gasteiger charge is -2.07. The van der Waals surface area contributed by atoms with Gasteiger partial charge in [-0.15, -0.1) is 0 Å². The van der Waals surface area contributed by atoms with Crippen LogP contribution in [0.15, 0.2) is 0 Å². The summed E-state index contributed by atoms with van der Waals surface area (Å²) in [6, 6.07) is 0. The smallest absolute Gasteiger partial charge is 0.434 e. The summed E-state index contributed by atoms with van der Waals surface area (Å²) in [5.41, 5.74) is 0. The summed E-state index contributed by atoms with van der Waals surface area (Å²) in [5, 5.41) is 17.0. The second-order valence-corrected chi connectivity index (χ2v) is 4.37. The maximum Gasteiger partial charge on any atom is 0.508 e. The Balaban J connectivity index is 3.21. The van der Waals surface area contributed by atoms with Crippen LogP contribution in [0.5, 0.6) is 0 Å². The van der Waals surface area contributed by atoms with E-state index in [1.807, 2.05) is 0 Å². The Labute approximate surface area is 135 Å². The molecular formula is C14H26O9. The third-order valence-corrected chi connectivity index (χ3v) is 2.35. The molecule has 0 heterocycles. The van der Waals surface area contributed by atoms with E-state index in [-0.39, 0.29) is 39.6 Å². The Kier molecular flexibility index (Phi) is 15.6. The number of rotatable bonds is 14. The van der Waals surface area contributed by atoms with Crippen LogP contribution in [0.1, 0.15) is 25.7 Å². The molecule has 0 aromatic rings. The largest absolute Gasteiger partial charge is 0.508 e. The fourth-order valence-corrected chi connectivity index (χ4v) is 1.26. The average molecular weight is 338 g/mol. The minimum atomic E-state index is -0.758. The molecule has 0 unspecified atom stereocenters. The molecule has 0 aliphatic heterocycles. The summed E-state index contributed by atoms with van der Waals surface area (Å²) in [5.74, 6) is 0. The molecule has 0 aliphatic rings. The first-order valence-corrected chi connectivity index (χ1v) is 7.59. The summed E-state index contributed by atoms with van der Waals surface area (Å²) < 4.78 is 24.1. The lowest BCUT2D eigenvalue weighted by atomic mass is 10.4. The van der Waals surface area contributed by atoms with Gasteiger partial charge >= 0.3 is 12.3 Å². The van der Waals surface area contributed by atoms with Gasteiger partial charge < -0.3 is 33.9 Å². The molecule has 0 bridgehead atoms. The second-order valence-electron chi connectivity index (χ2n) is 4.37. The van der Waals surface area contributed by atoms with Gasteiger partial charge in [0.05, 0.1) is 26.4 Å². The van der Waals surface area contributed by atoms with Crippen LogP contribution in [0.4, 0.5) is 9.59 Å². The van der Waals surface area contributed by atoms with Gasteiger partial charge in [-0.1, -0.05) is 0 Å². The summed E-state index contributed by atoms with van der Waals surface area (Å²) in [6.45, 7) is 1.38. The van der Waals surface area contributed by atoms with Gasteiger partial charge in [0, 0.05) is 52.1 Å². The third kappa shape index (κ3) is 16.6. The second kappa shape index (κ2) is 16.8. The van der Waals surface area contributed by atoms with Crippen molar-refractivity contribution in [1.82, 2.24) is 0 Å². The SMILES string of the molecule is O=C(OCCCO)OCCCOCCCOC(=O)OCCCO. The van der Waals surface area contributed by atoms with Gasteiger partial charge in [0.15, 0.2) is 0 Å². The van der Waals surface area contributed by atoms with Gasteiger partial charge in [0.1, 0.15) is 0 Å². The van der Waals surface area contributed by atoms with E-state index < -0.39 is 12.3 Å². The van der Waals surface area contributed by atoms with Crippen LogP contribution in [-0.4, -0.2) is 75.4 Å². The summed E-state index contributed by atoms with van der Waals surface area (Å²) in [6.07, 6.45) is 0.307. The van der Waals surface area contributed by atoms with Crippen LogP contribution >= 0.6 is 0 Å². The fraction of sp³-hybridized carbons (Fsp3) is 0.857. The number of aliphatic hydroxyl groups excluding tert-OH is 2. The van der Waals surface area contributed by atoms with E-state index in [0.29, 0.717) is 38.9 Å². The number of carbonyl (C=O) groups excluding carboxylic acids is 2. The Morgan fingerprint density at radius 3 is 1.26 bits per heavy atom. The topological polar surface area (TPSA) is 121 Å². The average Bonchev–Trinajstić information content (AvgIpc) is 2.53. The summed E-state index contributed by atoms with van der Waals surface area (Å²) in [7, 11) is 0. The first kappa shape index (κ1) is 21.4. The normalized spacial score (nSPS) is 10.2. The zero-order chi connectivity index (χ0) is 17.2. The molecule has 2 N–H and O–H groups in total. The molecule has 9 nitrogen and oxygen atoms in total. The van der Waals surface area contributed by atoms with Gasteiger partial charge in [0.25, 0.3) is 0 Å². The first-order valence-electron chi connectivity index (χ1n) is 7.59. The Morgan fingerprint density at radius 2 is 0.913 bits per heavy atom. The minimum absolute atomic E-state index is 0.0365. The monoisotopic (exact) mass is 338 g/mol. The van der Waals surface area contributed by atoms with Gasteiger partial charge in [0.2, 0.25) is 0 Å². The highest BCUT2D eigenvalue weighted by molar-refractivity contribution is 5.60. The molecule has 0 atom stereocenters. The highest BCUT2D eigenvalue weighted by atomic mass is 16.7. The highest BCUT2D eigenvalue weighted by Crippen LogP contribution is 1.94. The molecule has 9 heteroatoms. The maximum atomic E-state index is 11.0. The summed E-state index contributed by atoms with van der Waals surface area (Å²) in [4.78, 5) is 22.0. The third-order valence-electron chi connectivity index (χ3n) is 2.35. The van der Waals surface area contributed by atoms with E-state index in [1.165, 1.54) is 0 Å². The lowest BCUT2D eigenvalue weighted by molar-refractivity contribution is 0.0348.